The summed E-state index contributed by atoms with van der Waals surface area (Å²) in [7, 11) is 0. The number of ketones is 1. The van der Waals surface area contributed by atoms with Crippen molar-refractivity contribution in [3.05, 3.63) is 59.2 Å². The lowest BCUT2D eigenvalue weighted by Crippen LogP contribution is -2.30. The van der Waals surface area contributed by atoms with E-state index in [1.54, 1.807) is 31.2 Å². The van der Waals surface area contributed by atoms with E-state index in [1.807, 2.05) is 32.0 Å². The Labute approximate surface area is 136 Å². The molecule has 1 N–H and O–H groups in total. The second-order valence-corrected chi connectivity index (χ2v) is 5.63. The Balaban J connectivity index is 1.99. The number of hydrogen-bond acceptors (Lipinski definition) is 3. The highest BCUT2D eigenvalue weighted by Crippen LogP contribution is 2.17. The largest absolute Gasteiger partial charge is 0.481 e. The average Bonchev–Trinajstić information content (AvgIpc) is 2.51. The van der Waals surface area contributed by atoms with E-state index >= 15 is 0 Å². The van der Waals surface area contributed by atoms with Crippen molar-refractivity contribution in [1.29, 1.82) is 0 Å². The fourth-order valence-corrected chi connectivity index (χ4v) is 2.09. The van der Waals surface area contributed by atoms with Crippen LogP contribution in [0.3, 0.4) is 0 Å². The highest BCUT2D eigenvalue weighted by atomic mass is 16.5. The molecule has 1 atom stereocenters. The lowest BCUT2D eigenvalue weighted by Gasteiger charge is -2.15. The van der Waals surface area contributed by atoms with Gasteiger partial charge in [0.15, 0.2) is 11.9 Å². The minimum absolute atomic E-state index is 0.00270. The number of hydrogen-bond donors (Lipinski definition) is 1. The van der Waals surface area contributed by atoms with Crippen molar-refractivity contribution in [3.8, 4) is 5.75 Å². The number of Topliss-reactive ketones (excluding diaryl/α,β-unsaturated/α-hetero) is 1. The number of carbonyl (C=O) groups excluding carboxylic acids is 2. The Kier molecular flexibility index (Phi) is 5.16. The number of ether oxygens (including phenoxy) is 1. The molecule has 2 rings (SSSR count). The van der Waals surface area contributed by atoms with E-state index in [4.69, 9.17) is 4.74 Å². The number of rotatable bonds is 5. The molecule has 0 aliphatic rings. The quantitative estimate of drug-likeness (QED) is 0.852. The first-order chi connectivity index (χ1) is 10.9. The highest BCUT2D eigenvalue weighted by molar-refractivity contribution is 5.95. The van der Waals surface area contributed by atoms with Crippen molar-refractivity contribution in [3.63, 3.8) is 0 Å². The zero-order valence-electron chi connectivity index (χ0n) is 13.8. The number of amides is 1. The van der Waals surface area contributed by atoms with Gasteiger partial charge in [-0.05, 0) is 75.2 Å². The van der Waals surface area contributed by atoms with Gasteiger partial charge in [0.05, 0.1) is 0 Å². The van der Waals surface area contributed by atoms with Gasteiger partial charge in [-0.1, -0.05) is 6.07 Å². The summed E-state index contributed by atoms with van der Waals surface area (Å²) in [5.41, 5.74) is 3.67. The third kappa shape index (κ3) is 4.42. The molecule has 23 heavy (non-hydrogen) atoms. The number of benzene rings is 2. The lowest BCUT2D eigenvalue weighted by molar-refractivity contribution is -0.122. The van der Waals surface area contributed by atoms with Crippen LogP contribution in [-0.2, 0) is 4.79 Å². The molecule has 0 radical (unpaired) electrons. The van der Waals surface area contributed by atoms with Gasteiger partial charge in [0.25, 0.3) is 5.91 Å². The normalized spacial score (nSPS) is 11.7. The van der Waals surface area contributed by atoms with Crippen LogP contribution < -0.4 is 10.1 Å². The summed E-state index contributed by atoms with van der Waals surface area (Å²) in [4.78, 5) is 23.4. The van der Waals surface area contributed by atoms with Crippen LogP contribution in [0.4, 0.5) is 5.69 Å². The van der Waals surface area contributed by atoms with Gasteiger partial charge in [-0.3, -0.25) is 9.59 Å². The van der Waals surface area contributed by atoms with Gasteiger partial charge in [0.2, 0.25) is 0 Å². The molecule has 0 aliphatic heterocycles. The second kappa shape index (κ2) is 7.09. The maximum absolute atomic E-state index is 12.2. The summed E-state index contributed by atoms with van der Waals surface area (Å²) in [5.74, 6) is 0.332. The first-order valence-corrected chi connectivity index (χ1v) is 7.52. The topological polar surface area (TPSA) is 55.4 Å². The van der Waals surface area contributed by atoms with Crippen LogP contribution in [0.2, 0.25) is 0 Å². The fourth-order valence-electron chi connectivity index (χ4n) is 2.09. The van der Waals surface area contributed by atoms with E-state index in [-0.39, 0.29) is 11.7 Å². The molecule has 0 unspecified atom stereocenters. The van der Waals surface area contributed by atoms with E-state index in [1.165, 1.54) is 12.5 Å². The first kappa shape index (κ1) is 16.7. The molecule has 0 saturated heterocycles. The average molecular weight is 311 g/mol. The van der Waals surface area contributed by atoms with Crippen molar-refractivity contribution in [2.24, 2.45) is 0 Å². The maximum Gasteiger partial charge on any atom is 0.265 e. The maximum atomic E-state index is 12.2. The van der Waals surface area contributed by atoms with Gasteiger partial charge in [-0.15, -0.1) is 0 Å². The Morgan fingerprint density at radius 3 is 2.22 bits per heavy atom. The van der Waals surface area contributed by atoms with Crippen molar-refractivity contribution >= 4 is 17.4 Å². The molecular weight excluding hydrogens is 290 g/mol. The molecule has 4 nitrogen and oxygen atoms in total. The van der Waals surface area contributed by atoms with Crippen molar-refractivity contribution in [1.82, 2.24) is 0 Å². The predicted octanol–water partition coefficient (Wildman–Crippen LogP) is 3.91. The van der Waals surface area contributed by atoms with Crippen molar-refractivity contribution in [2.75, 3.05) is 5.32 Å². The van der Waals surface area contributed by atoms with Gasteiger partial charge in [0, 0.05) is 11.3 Å². The van der Waals surface area contributed by atoms with E-state index in [9.17, 15) is 9.59 Å². The van der Waals surface area contributed by atoms with Crippen LogP contribution in [0.15, 0.2) is 42.5 Å². The summed E-state index contributed by atoms with van der Waals surface area (Å²) in [6, 6.07) is 12.5. The Morgan fingerprint density at radius 2 is 1.65 bits per heavy atom. The minimum Gasteiger partial charge on any atom is -0.481 e. The molecule has 0 bridgehead atoms. The van der Waals surface area contributed by atoms with Crippen LogP contribution in [-0.4, -0.2) is 17.8 Å². The fraction of sp³-hybridized carbons (Fsp3) is 0.263. The zero-order chi connectivity index (χ0) is 17.0. The molecule has 2 aromatic carbocycles. The second-order valence-electron chi connectivity index (χ2n) is 5.63. The summed E-state index contributed by atoms with van der Waals surface area (Å²) < 4.78 is 5.61. The molecule has 0 fully saturated rings. The third-order valence-corrected chi connectivity index (χ3v) is 3.72. The van der Waals surface area contributed by atoms with E-state index < -0.39 is 6.10 Å². The number of aryl methyl sites for hydroxylation is 2. The van der Waals surface area contributed by atoms with Gasteiger partial charge < -0.3 is 10.1 Å². The molecule has 4 heteroatoms. The molecule has 0 spiro atoms. The minimum atomic E-state index is -0.639. The number of anilines is 1. The zero-order valence-corrected chi connectivity index (χ0v) is 13.8. The summed E-state index contributed by atoms with van der Waals surface area (Å²) in [6.45, 7) is 7.23. The molecule has 0 heterocycles. The van der Waals surface area contributed by atoms with E-state index in [0.29, 0.717) is 11.3 Å². The summed E-state index contributed by atoms with van der Waals surface area (Å²) >= 11 is 0. The van der Waals surface area contributed by atoms with E-state index in [2.05, 4.69) is 5.32 Å². The van der Waals surface area contributed by atoms with Crippen molar-refractivity contribution < 1.29 is 14.3 Å². The van der Waals surface area contributed by atoms with Gasteiger partial charge in [-0.25, -0.2) is 0 Å². The number of nitrogens with one attached hydrogen (secondary N) is 1. The molecule has 2 aromatic rings. The van der Waals surface area contributed by atoms with Crippen molar-refractivity contribution in [2.45, 2.75) is 33.8 Å². The molecule has 1 amide bonds. The Bertz CT molecular complexity index is 720. The Hall–Kier alpha value is -2.62. The monoisotopic (exact) mass is 311 g/mol. The number of carbonyl (C=O) groups is 2. The standard InChI is InChI=1S/C19H21NO3/c1-12-5-8-17(11-13(12)2)20-19(22)15(4)23-18-9-6-16(7-10-18)14(3)21/h5-11,15H,1-4H3,(H,20,22)/t15-/m1/s1. The van der Waals surface area contributed by atoms with Gasteiger partial charge in [-0.2, -0.15) is 0 Å². The van der Waals surface area contributed by atoms with E-state index in [0.717, 1.165) is 11.3 Å². The van der Waals surface area contributed by atoms with Crippen LogP contribution in [0.25, 0.3) is 0 Å². The predicted molar refractivity (Wildman–Crippen MR) is 91.1 cm³/mol. The van der Waals surface area contributed by atoms with Crippen LogP contribution in [0.5, 0.6) is 5.75 Å². The molecule has 0 saturated carbocycles. The molecule has 0 aromatic heterocycles. The van der Waals surface area contributed by atoms with Gasteiger partial charge in [0.1, 0.15) is 5.75 Å². The molecule has 0 aliphatic carbocycles. The Morgan fingerprint density at radius 1 is 1.00 bits per heavy atom. The third-order valence-electron chi connectivity index (χ3n) is 3.72. The summed E-state index contributed by atoms with van der Waals surface area (Å²) in [5, 5.41) is 2.84. The highest BCUT2D eigenvalue weighted by Gasteiger charge is 2.15. The van der Waals surface area contributed by atoms with Crippen LogP contribution in [0, 0.1) is 13.8 Å². The summed E-state index contributed by atoms with van der Waals surface area (Å²) in [6.07, 6.45) is -0.639. The SMILES string of the molecule is CC(=O)c1ccc(O[C@H](C)C(=O)Nc2ccc(C)c(C)c2)cc1. The molecule has 120 valence electrons. The smallest absolute Gasteiger partial charge is 0.265 e. The van der Waals surface area contributed by atoms with Crippen LogP contribution >= 0.6 is 0 Å². The van der Waals surface area contributed by atoms with Gasteiger partial charge >= 0.3 is 0 Å². The lowest BCUT2D eigenvalue weighted by atomic mass is 10.1. The van der Waals surface area contributed by atoms with Crippen LogP contribution in [0.1, 0.15) is 35.3 Å². The molecular formula is C19H21NO3. The first-order valence-electron chi connectivity index (χ1n) is 7.52.